The molecule has 0 fully saturated rings. The molecule has 3 aromatic heterocycles. The zero-order chi connectivity index (χ0) is 18.0. The molecular formula is C16H16F3N5O. The van der Waals surface area contributed by atoms with Crippen LogP contribution in [-0.4, -0.2) is 31.6 Å². The molecule has 132 valence electrons. The Morgan fingerprint density at radius 3 is 2.88 bits per heavy atom. The number of fused-ring (bicyclic) bond motifs is 3. The molecule has 0 atom stereocenters. The molecule has 25 heavy (non-hydrogen) atoms. The molecule has 0 unspecified atom stereocenters. The van der Waals surface area contributed by atoms with Crippen molar-refractivity contribution in [2.24, 2.45) is 0 Å². The van der Waals surface area contributed by atoms with Gasteiger partial charge in [-0.1, -0.05) is 6.58 Å². The third-order valence-corrected chi connectivity index (χ3v) is 3.77. The van der Waals surface area contributed by atoms with E-state index in [9.17, 15) is 18.0 Å². The van der Waals surface area contributed by atoms with Crippen molar-refractivity contribution in [3.05, 3.63) is 37.1 Å². The molecule has 0 radical (unpaired) electrons. The Morgan fingerprint density at radius 1 is 1.32 bits per heavy atom. The number of H-pyrrole nitrogens is 1. The average molecular weight is 351 g/mol. The molecule has 0 aliphatic carbocycles. The van der Waals surface area contributed by atoms with E-state index in [2.05, 4.69) is 26.8 Å². The monoisotopic (exact) mass is 351 g/mol. The minimum Gasteiger partial charge on any atom is -0.346 e. The van der Waals surface area contributed by atoms with E-state index < -0.39 is 24.9 Å². The number of aryl methyl sites for hydroxylation is 1. The van der Waals surface area contributed by atoms with Gasteiger partial charge in [0, 0.05) is 36.7 Å². The summed E-state index contributed by atoms with van der Waals surface area (Å²) in [7, 11) is 0. The number of nitrogens with one attached hydrogen (secondary N) is 2. The van der Waals surface area contributed by atoms with Crippen LogP contribution in [0.5, 0.6) is 0 Å². The van der Waals surface area contributed by atoms with E-state index in [1.165, 1.54) is 0 Å². The zero-order valence-electron chi connectivity index (χ0n) is 13.2. The number of imidazole rings is 1. The highest BCUT2D eigenvalue weighted by Gasteiger charge is 2.27. The second kappa shape index (κ2) is 6.58. The van der Waals surface area contributed by atoms with Gasteiger partial charge < -0.3 is 14.9 Å². The van der Waals surface area contributed by atoms with Crippen molar-refractivity contribution < 1.29 is 18.0 Å². The van der Waals surface area contributed by atoms with E-state index in [4.69, 9.17) is 0 Å². The highest BCUT2D eigenvalue weighted by Crippen LogP contribution is 2.23. The summed E-state index contributed by atoms with van der Waals surface area (Å²) in [6, 6.07) is 1.90. The Hall–Kier alpha value is -2.84. The minimum absolute atomic E-state index is 0.369. The fourth-order valence-electron chi connectivity index (χ4n) is 2.57. The van der Waals surface area contributed by atoms with Crippen LogP contribution in [0.2, 0.25) is 0 Å². The molecular weight excluding hydrogens is 335 g/mol. The van der Waals surface area contributed by atoms with Gasteiger partial charge >= 0.3 is 6.18 Å². The van der Waals surface area contributed by atoms with Crippen molar-refractivity contribution in [2.75, 3.05) is 0 Å². The second-order valence-electron chi connectivity index (χ2n) is 5.69. The molecule has 0 saturated carbocycles. The number of hydrogen-bond acceptors (Lipinski definition) is 3. The van der Waals surface area contributed by atoms with E-state index in [-0.39, 0.29) is 0 Å². The Bertz CT molecular complexity index is 925. The first-order valence-electron chi connectivity index (χ1n) is 7.65. The van der Waals surface area contributed by atoms with Crippen molar-refractivity contribution in [1.29, 1.82) is 0 Å². The normalized spacial score (nSPS) is 12.0. The van der Waals surface area contributed by atoms with Gasteiger partial charge in [0.15, 0.2) is 0 Å². The summed E-state index contributed by atoms with van der Waals surface area (Å²) >= 11 is 0. The number of nitrogens with zero attached hydrogens (tertiary/aromatic N) is 3. The highest BCUT2D eigenvalue weighted by atomic mass is 19.4. The predicted molar refractivity (Wildman–Crippen MR) is 86.6 cm³/mol. The van der Waals surface area contributed by atoms with Crippen molar-refractivity contribution in [3.63, 3.8) is 0 Å². The van der Waals surface area contributed by atoms with Crippen LogP contribution in [0.15, 0.2) is 37.1 Å². The van der Waals surface area contributed by atoms with Crippen LogP contribution in [0.4, 0.5) is 13.2 Å². The molecule has 0 aliphatic rings. The molecule has 0 saturated heterocycles. The van der Waals surface area contributed by atoms with Crippen molar-refractivity contribution in [2.45, 2.75) is 32.0 Å². The molecule has 1 amide bonds. The van der Waals surface area contributed by atoms with E-state index in [0.29, 0.717) is 18.7 Å². The number of pyridine rings is 1. The number of aromatic amines is 1. The summed E-state index contributed by atoms with van der Waals surface area (Å²) in [5.74, 6) is -0.685. The van der Waals surface area contributed by atoms with Gasteiger partial charge in [-0.25, -0.2) is 9.97 Å². The minimum atomic E-state index is -4.34. The Labute approximate surface area is 140 Å². The lowest BCUT2D eigenvalue weighted by Gasteiger charge is -2.10. The number of alkyl halides is 3. The molecule has 0 aliphatic heterocycles. The van der Waals surface area contributed by atoms with E-state index in [0.717, 1.165) is 22.1 Å². The number of halogens is 3. The third kappa shape index (κ3) is 3.98. The van der Waals surface area contributed by atoms with Crippen molar-refractivity contribution >= 4 is 28.0 Å². The Kier molecular flexibility index (Phi) is 4.47. The van der Waals surface area contributed by atoms with Crippen LogP contribution in [0.3, 0.4) is 0 Å². The van der Waals surface area contributed by atoms with Gasteiger partial charge in [0.05, 0.1) is 24.5 Å². The summed E-state index contributed by atoms with van der Waals surface area (Å²) < 4.78 is 38.3. The van der Waals surface area contributed by atoms with Crippen LogP contribution < -0.4 is 5.32 Å². The van der Waals surface area contributed by atoms with E-state index >= 15 is 0 Å². The number of rotatable bonds is 6. The van der Waals surface area contributed by atoms with E-state index in [1.54, 1.807) is 18.7 Å². The maximum atomic E-state index is 12.1. The predicted octanol–water partition coefficient (Wildman–Crippen LogP) is 3.28. The van der Waals surface area contributed by atoms with Crippen LogP contribution in [0.25, 0.3) is 22.1 Å². The first-order valence-corrected chi connectivity index (χ1v) is 7.65. The van der Waals surface area contributed by atoms with Crippen LogP contribution in [-0.2, 0) is 11.3 Å². The van der Waals surface area contributed by atoms with Gasteiger partial charge in [-0.05, 0) is 6.07 Å². The number of hydrogen-bond donors (Lipinski definition) is 2. The van der Waals surface area contributed by atoms with Crippen LogP contribution in [0.1, 0.15) is 19.3 Å². The van der Waals surface area contributed by atoms with E-state index in [1.807, 2.05) is 10.6 Å². The molecule has 6 nitrogen and oxygen atoms in total. The van der Waals surface area contributed by atoms with Crippen molar-refractivity contribution in [3.8, 4) is 0 Å². The maximum Gasteiger partial charge on any atom is 0.389 e. The summed E-state index contributed by atoms with van der Waals surface area (Å²) in [4.78, 5) is 23.1. The quantitative estimate of drug-likeness (QED) is 0.716. The van der Waals surface area contributed by atoms with Crippen molar-refractivity contribution in [1.82, 2.24) is 24.8 Å². The smallest absolute Gasteiger partial charge is 0.346 e. The molecule has 3 aromatic rings. The van der Waals surface area contributed by atoms with Crippen LogP contribution >= 0.6 is 0 Å². The second-order valence-corrected chi connectivity index (χ2v) is 5.69. The molecule has 9 heteroatoms. The number of carbonyl (C=O) groups is 1. The summed E-state index contributed by atoms with van der Waals surface area (Å²) in [5.41, 5.74) is 2.76. The number of allylic oxidation sites excluding steroid dienone is 1. The number of carbonyl (C=O) groups excluding carboxylic acids is 1. The Balaban J connectivity index is 1.62. The molecule has 3 rings (SSSR count). The topological polar surface area (TPSA) is 75.6 Å². The first kappa shape index (κ1) is 17.0. The standard InChI is InChI=1S/C16H16F3N5O/c1-10(23-13(25)2-5-16(17,18)19)4-7-24-9-22-12-8-21-15-11(14(12)24)3-6-20-15/h3,6,8-9H,1-2,4-5,7H2,(H,20,21)(H,23,25). The summed E-state index contributed by atoms with van der Waals surface area (Å²) in [6.45, 7) is 4.19. The first-order chi connectivity index (χ1) is 11.8. The molecule has 0 spiro atoms. The SMILES string of the molecule is C=C(CCn1cnc2cnc3[nH]ccc3c21)NC(=O)CCC(F)(F)F. The van der Waals surface area contributed by atoms with Gasteiger partial charge in [-0.2, -0.15) is 13.2 Å². The summed E-state index contributed by atoms with van der Waals surface area (Å²) in [5, 5.41) is 3.34. The van der Waals surface area contributed by atoms with Gasteiger partial charge in [-0.15, -0.1) is 0 Å². The third-order valence-electron chi connectivity index (χ3n) is 3.77. The lowest BCUT2D eigenvalue weighted by molar-refractivity contribution is -0.143. The lowest BCUT2D eigenvalue weighted by atomic mass is 10.2. The Morgan fingerprint density at radius 2 is 2.12 bits per heavy atom. The molecule has 2 N–H and O–H groups in total. The van der Waals surface area contributed by atoms with Gasteiger partial charge in [0.25, 0.3) is 0 Å². The fraction of sp³-hybridized carbons (Fsp3) is 0.312. The van der Waals surface area contributed by atoms with Gasteiger partial charge in [0.1, 0.15) is 11.2 Å². The maximum absolute atomic E-state index is 12.1. The highest BCUT2D eigenvalue weighted by molar-refractivity contribution is 6.00. The van der Waals surface area contributed by atoms with Crippen LogP contribution in [0, 0.1) is 0 Å². The molecule has 0 aromatic carbocycles. The average Bonchev–Trinajstić information content (AvgIpc) is 3.16. The fourth-order valence-corrected chi connectivity index (χ4v) is 2.57. The number of aromatic nitrogens is 4. The summed E-state index contributed by atoms with van der Waals surface area (Å²) in [6.07, 6.45) is -0.588. The van der Waals surface area contributed by atoms with Gasteiger partial charge in [0.2, 0.25) is 5.91 Å². The molecule has 3 heterocycles. The zero-order valence-corrected chi connectivity index (χ0v) is 13.2. The largest absolute Gasteiger partial charge is 0.389 e. The molecule has 0 bridgehead atoms. The van der Waals surface area contributed by atoms with Gasteiger partial charge in [-0.3, -0.25) is 4.79 Å². The lowest BCUT2D eigenvalue weighted by Crippen LogP contribution is -2.24. The number of amides is 1.